The van der Waals surface area contributed by atoms with Crippen LogP contribution in [0.1, 0.15) is 35.6 Å². The average molecular weight is 674 g/mol. The summed E-state index contributed by atoms with van der Waals surface area (Å²) < 4.78 is 49.9. The summed E-state index contributed by atoms with van der Waals surface area (Å²) in [7, 11) is -0.682. The van der Waals surface area contributed by atoms with Gasteiger partial charge in [-0.3, -0.25) is 10.2 Å². The highest BCUT2D eigenvalue weighted by molar-refractivity contribution is 7.91. The number of ether oxygens (including phenoxy) is 4. The topological polar surface area (TPSA) is 145 Å². The first-order valence-electron chi connectivity index (χ1n) is 15.5. The first kappa shape index (κ1) is 34.4. The van der Waals surface area contributed by atoms with Crippen LogP contribution in [0.5, 0.6) is 17.2 Å². The molecular formula is C36H39N3O8S. The van der Waals surface area contributed by atoms with Crippen molar-refractivity contribution < 1.29 is 37.3 Å². The molecule has 0 saturated carbocycles. The monoisotopic (exact) mass is 673 g/mol. The molecule has 0 unspecified atom stereocenters. The number of benzene rings is 4. The van der Waals surface area contributed by atoms with E-state index in [2.05, 4.69) is 10.9 Å². The summed E-state index contributed by atoms with van der Waals surface area (Å²) in [6.07, 6.45) is -0.617. The molecule has 2 atom stereocenters. The third-order valence-electron chi connectivity index (χ3n) is 7.89. The van der Waals surface area contributed by atoms with Crippen molar-refractivity contribution in [1.29, 1.82) is 0 Å². The summed E-state index contributed by atoms with van der Waals surface area (Å²) in [6.45, 7) is 0.595. The summed E-state index contributed by atoms with van der Waals surface area (Å²) >= 11 is 0. The molecule has 1 amide bonds. The van der Waals surface area contributed by atoms with E-state index in [9.17, 15) is 13.2 Å². The second kappa shape index (κ2) is 15.8. The van der Waals surface area contributed by atoms with Gasteiger partial charge in [-0.1, -0.05) is 48.5 Å². The molecule has 252 valence electrons. The van der Waals surface area contributed by atoms with Crippen LogP contribution in [-0.2, 0) is 25.9 Å². The molecule has 0 saturated heterocycles. The van der Waals surface area contributed by atoms with Crippen molar-refractivity contribution in [2.75, 3.05) is 33.2 Å². The fourth-order valence-electron chi connectivity index (χ4n) is 5.34. The summed E-state index contributed by atoms with van der Waals surface area (Å²) in [6, 6.07) is 29.7. The van der Waals surface area contributed by atoms with Crippen LogP contribution in [0, 0.1) is 0 Å². The van der Waals surface area contributed by atoms with Gasteiger partial charge >= 0.3 is 0 Å². The Morgan fingerprint density at radius 2 is 1.54 bits per heavy atom. The fraction of sp³-hybridized carbons (Fsp3) is 0.278. The zero-order valence-corrected chi connectivity index (χ0v) is 27.6. The lowest BCUT2D eigenvalue weighted by molar-refractivity contribution is -0.130. The molecule has 1 aliphatic rings. The highest BCUT2D eigenvalue weighted by Gasteiger charge is 2.53. The molecule has 1 heterocycles. The highest BCUT2D eigenvalue weighted by Crippen LogP contribution is 2.43. The van der Waals surface area contributed by atoms with Crippen LogP contribution < -0.4 is 25.1 Å². The summed E-state index contributed by atoms with van der Waals surface area (Å²) in [5.41, 5.74) is 6.10. The number of hydrogen-bond donors (Lipinski definition) is 3. The van der Waals surface area contributed by atoms with Crippen LogP contribution in [0.2, 0.25) is 0 Å². The lowest BCUT2D eigenvalue weighted by Crippen LogP contribution is -2.53. The molecule has 0 radical (unpaired) electrons. The van der Waals surface area contributed by atoms with Gasteiger partial charge in [-0.2, -0.15) is 0 Å². The number of hydrogen-bond acceptors (Lipinski definition) is 10. The molecular weight excluding hydrogens is 634 g/mol. The van der Waals surface area contributed by atoms with E-state index in [0.717, 1.165) is 5.56 Å². The Labute approximate surface area is 280 Å². The molecule has 3 N–H and O–H groups in total. The van der Waals surface area contributed by atoms with Crippen LogP contribution in [-0.4, -0.2) is 64.1 Å². The zero-order valence-electron chi connectivity index (χ0n) is 26.8. The lowest BCUT2D eigenvalue weighted by atomic mass is 9.85. The predicted molar refractivity (Wildman–Crippen MR) is 181 cm³/mol. The molecule has 0 aliphatic carbocycles. The van der Waals surface area contributed by atoms with Gasteiger partial charge in [0.05, 0.1) is 31.5 Å². The Kier molecular flexibility index (Phi) is 11.3. The van der Waals surface area contributed by atoms with Crippen LogP contribution in [0.15, 0.2) is 113 Å². The maximum absolute atomic E-state index is 14.4. The summed E-state index contributed by atoms with van der Waals surface area (Å²) in [5.74, 6) is 1.05. The SMILES string of the molecule is COc1cc(CNNC(=O)[C@@]2(CCS(=O)(=O)c3ccccc3)N=C(c3ccc(OCCCO)cc3)O[C@H]2c2ccccc2)cc(OC)c1. The number of methoxy groups -OCH3 is 2. The Morgan fingerprint density at radius 3 is 2.17 bits per heavy atom. The van der Waals surface area contributed by atoms with E-state index in [-0.39, 0.29) is 36.1 Å². The van der Waals surface area contributed by atoms with Gasteiger partial charge in [0.2, 0.25) is 5.90 Å². The summed E-state index contributed by atoms with van der Waals surface area (Å²) in [4.78, 5) is 19.4. The van der Waals surface area contributed by atoms with Gasteiger partial charge in [-0.25, -0.2) is 18.8 Å². The number of rotatable bonds is 16. The van der Waals surface area contributed by atoms with Gasteiger partial charge in [0, 0.05) is 37.6 Å². The smallest absolute Gasteiger partial charge is 0.266 e. The van der Waals surface area contributed by atoms with Crippen LogP contribution in [0.25, 0.3) is 0 Å². The van der Waals surface area contributed by atoms with Crippen LogP contribution in [0.3, 0.4) is 0 Å². The van der Waals surface area contributed by atoms with E-state index in [1.165, 1.54) is 12.1 Å². The Balaban J connectivity index is 1.49. The number of amides is 1. The molecule has 5 rings (SSSR count). The number of sulfone groups is 1. The van der Waals surface area contributed by atoms with Crippen molar-refractivity contribution in [2.45, 2.75) is 35.9 Å². The van der Waals surface area contributed by atoms with Crippen molar-refractivity contribution in [3.05, 3.63) is 120 Å². The Hall–Kier alpha value is -4.91. The Morgan fingerprint density at radius 1 is 0.896 bits per heavy atom. The normalized spacial score (nSPS) is 17.2. The minimum Gasteiger partial charge on any atom is -0.497 e. The molecule has 11 nitrogen and oxygen atoms in total. The van der Waals surface area contributed by atoms with Gasteiger partial charge < -0.3 is 24.1 Å². The standard InChI is InChI=1S/C36H39N3O8S/c1-44-30-22-26(23-31(24-30)45-2)25-37-39-35(41)36(18-21-48(42,43)32-12-7-4-8-13-32)33(27-10-5-3-6-11-27)47-34(38-36)28-14-16-29(17-15-28)46-20-9-19-40/h3-8,10-17,22-24,33,37,40H,9,18-21,25H2,1-2H3,(H,39,41)/t33-,36-/m0/s1. The number of nitrogens with zero attached hydrogens (tertiary/aromatic N) is 1. The van der Waals surface area contributed by atoms with E-state index < -0.39 is 27.4 Å². The molecule has 0 bridgehead atoms. The van der Waals surface area contributed by atoms with E-state index >= 15 is 0 Å². The maximum Gasteiger partial charge on any atom is 0.266 e. The van der Waals surface area contributed by atoms with E-state index in [1.807, 2.05) is 42.5 Å². The zero-order chi connectivity index (χ0) is 34.0. The van der Waals surface area contributed by atoms with Gasteiger partial charge in [0.15, 0.2) is 21.5 Å². The lowest BCUT2D eigenvalue weighted by Gasteiger charge is -2.30. The molecule has 4 aromatic rings. The van der Waals surface area contributed by atoms with Crippen molar-refractivity contribution in [1.82, 2.24) is 10.9 Å². The molecule has 0 fully saturated rings. The third-order valence-corrected chi connectivity index (χ3v) is 9.62. The summed E-state index contributed by atoms with van der Waals surface area (Å²) in [5, 5.41) is 9.06. The number of nitrogens with one attached hydrogen (secondary N) is 2. The molecule has 0 spiro atoms. The first-order chi connectivity index (χ1) is 23.3. The molecule has 12 heteroatoms. The third kappa shape index (κ3) is 8.14. The fourth-order valence-corrected chi connectivity index (χ4v) is 6.72. The second-order valence-electron chi connectivity index (χ2n) is 11.1. The molecule has 48 heavy (non-hydrogen) atoms. The number of hydrazine groups is 1. The van der Waals surface area contributed by atoms with Crippen molar-refractivity contribution >= 4 is 21.6 Å². The second-order valence-corrected chi connectivity index (χ2v) is 13.2. The molecule has 0 aromatic heterocycles. The predicted octanol–water partition coefficient (Wildman–Crippen LogP) is 4.41. The highest BCUT2D eigenvalue weighted by atomic mass is 32.2. The average Bonchev–Trinajstić information content (AvgIpc) is 3.53. The van der Waals surface area contributed by atoms with Gasteiger partial charge in [0.1, 0.15) is 17.2 Å². The van der Waals surface area contributed by atoms with Crippen molar-refractivity contribution in [2.24, 2.45) is 4.99 Å². The molecule has 4 aromatic carbocycles. The van der Waals surface area contributed by atoms with Crippen LogP contribution in [0.4, 0.5) is 0 Å². The van der Waals surface area contributed by atoms with Crippen LogP contribution >= 0.6 is 0 Å². The van der Waals surface area contributed by atoms with Gasteiger partial charge in [0.25, 0.3) is 5.91 Å². The first-order valence-corrected chi connectivity index (χ1v) is 17.1. The van der Waals surface area contributed by atoms with E-state index in [0.29, 0.717) is 41.4 Å². The Bertz CT molecular complexity index is 1780. The van der Waals surface area contributed by atoms with E-state index in [4.69, 9.17) is 29.0 Å². The number of aliphatic imine (C=N–C) groups is 1. The number of carbonyl (C=O) groups excluding carboxylic acids is 1. The minimum absolute atomic E-state index is 0.0241. The van der Waals surface area contributed by atoms with Crippen molar-refractivity contribution in [3.63, 3.8) is 0 Å². The van der Waals surface area contributed by atoms with Gasteiger partial charge in [-0.15, -0.1) is 0 Å². The minimum atomic E-state index is -3.79. The number of carbonyl (C=O) groups is 1. The van der Waals surface area contributed by atoms with Gasteiger partial charge in [-0.05, 0) is 59.7 Å². The largest absolute Gasteiger partial charge is 0.497 e. The maximum atomic E-state index is 14.4. The van der Waals surface area contributed by atoms with Crippen molar-refractivity contribution in [3.8, 4) is 17.2 Å². The molecule has 1 aliphatic heterocycles. The number of aliphatic hydroxyl groups is 1. The van der Waals surface area contributed by atoms with E-state index in [1.54, 1.807) is 62.8 Å². The quantitative estimate of drug-likeness (QED) is 0.116. The number of aliphatic hydroxyl groups excluding tert-OH is 1.